The van der Waals surface area contributed by atoms with Crippen LogP contribution in [0, 0.1) is 5.82 Å². The summed E-state index contributed by atoms with van der Waals surface area (Å²) in [5.74, 6) is -0.307. The predicted octanol–water partition coefficient (Wildman–Crippen LogP) is 1.95. The average molecular weight is 250 g/mol. The lowest BCUT2D eigenvalue weighted by Gasteiger charge is -2.20. The van der Waals surface area contributed by atoms with Crippen LogP contribution < -0.4 is 5.32 Å². The number of nitrogens with one attached hydrogen (secondary N) is 1. The normalized spacial score (nSPS) is 10.4. The summed E-state index contributed by atoms with van der Waals surface area (Å²) in [7, 11) is 0. The summed E-state index contributed by atoms with van der Waals surface area (Å²) in [5, 5.41) is 2.73. The second kappa shape index (κ2) is 7.61. The van der Waals surface area contributed by atoms with E-state index in [0.29, 0.717) is 25.2 Å². The lowest BCUT2D eigenvalue weighted by molar-refractivity contribution is -0.122. The first-order valence-corrected chi connectivity index (χ1v) is 6.00. The first-order chi connectivity index (χ1) is 8.67. The van der Waals surface area contributed by atoms with Crippen LogP contribution in [0.1, 0.15) is 12.5 Å². The third kappa shape index (κ3) is 4.67. The molecule has 0 aliphatic carbocycles. The maximum absolute atomic E-state index is 13.5. The van der Waals surface area contributed by atoms with Gasteiger partial charge in [-0.05, 0) is 13.0 Å². The zero-order valence-electron chi connectivity index (χ0n) is 10.7. The summed E-state index contributed by atoms with van der Waals surface area (Å²) >= 11 is 0. The zero-order chi connectivity index (χ0) is 13.4. The fourth-order valence-electron chi connectivity index (χ4n) is 1.69. The van der Waals surface area contributed by atoms with Crippen LogP contribution in [-0.2, 0) is 11.3 Å². The Labute approximate surface area is 107 Å². The Morgan fingerprint density at radius 1 is 1.50 bits per heavy atom. The van der Waals surface area contributed by atoms with Gasteiger partial charge in [0.2, 0.25) is 5.91 Å². The second-order valence-corrected chi connectivity index (χ2v) is 4.00. The minimum absolute atomic E-state index is 0.0595. The van der Waals surface area contributed by atoms with Crippen molar-refractivity contribution in [3.05, 3.63) is 48.3 Å². The lowest BCUT2D eigenvalue weighted by Crippen LogP contribution is -2.37. The Bertz CT molecular complexity index is 407. The van der Waals surface area contributed by atoms with Crippen LogP contribution in [0.15, 0.2) is 36.9 Å². The lowest BCUT2D eigenvalue weighted by atomic mass is 10.2. The minimum atomic E-state index is -0.248. The molecule has 0 aliphatic heterocycles. The van der Waals surface area contributed by atoms with Gasteiger partial charge in [-0.3, -0.25) is 9.69 Å². The molecule has 0 aliphatic rings. The van der Waals surface area contributed by atoms with Crippen LogP contribution in [0.4, 0.5) is 4.39 Å². The number of hydrogen-bond acceptors (Lipinski definition) is 2. The van der Waals surface area contributed by atoms with E-state index >= 15 is 0 Å². The summed E-state index contributed by atoms with van der Waals surface area (Å²) in [6.45, 7) is 7.31. The summed E-state index contributed by atoms with van der Waals surface area (Å²) < 4.78 is 13.5. The van der Waals surface area contributed by atoms with Gasteiger partial charge in [-0.1, -0.05) is 24.3 Å². The molecule has 1 N–H and O–H groups in total. The van der Waals surface area contributed by atoms with Gasteiger partial charge < -0.3 is 5.32 Å². The van der Waals surface area contributed by atoms with Crippen molar-refractivity contribution >= 4 is 5.91 Å². The number of likely N-dealkylation sites (N-methyl/N-ethyl adjacent to an activating group) is 1. The fourth-order valence-corrected chi connectivity index (χ4v) is 1.69. The van der Waals surface area contributed by atoms with Gasteiger partial charge in [-0.25, -0.2) is 4.39 Å². The highest BCUT2D eigenvalue weighted by atomic mass is 19.1. The van der Waals surface area contributed by atoms with E-state index in [9.17, 15) is 9.18 Å². The van der Waals surface area contributed by atoms with Crippen molar-refractivity contribution in [1.29, 1.82) is 0 Å². The Hall–Kier alpha value is -1.68. The van der Waals surface area contributed by atoms with E-state index in [0.717, 1.165) is 0 Å². The largest absolute Gasteiger partial charge is 0.355 e. The quantitative estimate of drug-likeness (QED) is 0.750. The van der Waals surface area contributed by atoms with Crippen LogP contribution in [0.25, 0.3) is 0 Å². The summed E-state index contributed by atoms with van der Waals surface area (Å²) in [6, 6.07) is 6.59. The van der Waals surface area contributed by atoms with E-state index in [2.05, 4.69) is 11.9 Å². The maximum atomic E-state index is 13.5. The first-order valence-electron chi connectivity index (χ1n) is 6.00. The Morgan fingerprint density at radius 2 is 2.22 bits per heavy atom. The molecule has 0 heterocycles. The van der Waals surface area contributed by atoms with Crippen molar-refractivity contribution in [2.45, 2.75) is 13.5 Å². The molecule has 1 rings (SSSR count). The highest BCUT2D eigenvalue weighted by molar-refractivity contribution is 5.77. The Balaban J connectivity index is 2.65. The average Bonchev–Trinajstić information content (AvgIpc) is 2.32. The van der Waals surface area contributed by atoms with Gasteiger partial charge in [0.15, 0.2) is 0 Å². The van der Waals surface area contributed by atoms with Crippen LogP contribution in [0.3, 0.4) is 0 Å². The SMILES string of the molecule is C=CCN(CC(=O)NCC)Cc1ccccc1F. The first kappa shape index (κ1) is 14.4. The molecule has 0 fully saturated rings. The van der Waals surface area contributed by atoms with Gasteiger partial charge in [0.1, 0.15) is 5.82 Å². The van der Waals surface area contributed by atoms with Crippen molar-refractivity contribution in [2.75, 3.05) is 19.6 Å². The molecule has 1 aromatic rings. The third-order valence-electron chi connectivity index (χ3n) is 2.48. The van der Waals surface area contributed by atoms with E-state index < -0.39 is 0 Å². The van der Waals surface area contributed by atoms with Crippen LogP contribution in [-0.4, -0.2) is 30.4 Å². The van der Waals surface area contributed by atoms with Gasteiger partial charge in [0, 0.05) is 25.2 Å². The highest BCUT2D eigenvalue weighted by Crippen LogP contribution is 2.09. The maximum Gasteiger partial charge on any atom is 0.234 e. The molecule has 98 valence electrons. The van der Waals surface area contributed by atoms with Crippen molar-refractivity contribution in [3.63, 3.8) is 0 Å². The molecule has 18 heavy (non-hydrogen) atoms. The van der Waals surface area contributed by atoms with Gasteiger partial charge in [-0.2, -0.15) is 0 Å². The van der Waals surface area contributed by atoms with Crippen molar-refractivity contribution < 1.29 is 9.18 Å². The zero-order valence-corrected chi connectivity index (χ0v) is 10.7. The number of carbonyl (C=O) groups excluding carboxylic acids is 1. The third-order valence-corrected chi connectivity index (χ3v) is 2.48. The molecule has 0 unspecified atom stereocenters. The molecule has 0 aromatic heterocycles. The monoisotopic (exact) mass is 250 g/mol. The summed E-state index contributed by atoms with van der Waals surface area (Å²) in [6.07, 6.45) is 1.71. The number of halogens is 1. The molecule has 3 nitrogen and oxygen atoms in total. The van der Waals surface area contributed by atoms with Crippen molar-refractivity contribution in [1.82, 2.24) is 10.2 Å². The molecule has 1 aromatic carbocycles. The van der Waals surface area contributed by atoms with Crippen LogP contribution in [0.2, 0.25) is 0 Å². The second-order valence-electron chi connectivity index (χ2n) is 4.00. The number of nitrogens with zero attached hydrogens (tertiary/aromatic N) is 1. The molecule has 0 atom stereocenters. The van der Waals surface area contributed by atoms with Crippen molar-refractivity contribution in [2.24, 2.45) is 0 Å². The van der Waals surface area contributed by atoms with Crippen LogP contribution in [0.5, 0.6) is 0 Å². The van der Waals surface area contributed by atoms with E-state index in [1.165, 1.54) is 6.07 Å². The standard InChI is InChI=1S/C14H19FN2O/c1-3-9-17(11-14(18)16-4-2)10-12-7-5-6-8-13(12)15/h3,5-8H,1,4,9-11H2,2H3,(H,16,18). The van der Waals surface area contributed by atoms with Gasteiger partial charge in [0.05, 0.1) is 6.54 Å². The number of hydrogen-bond donors (Lipinski definition) is 1. The fraction of sp³-hybridized carbons (Fsp3) is 0.357. The van der Waals surface area contributed by atoms with E-state index in [4.69, 9.17) is 0 Å². The number of carbonyl (C=O) groups is 1. The van der Waals surface area contributed by atoms with E-state index in [1.807, 2.05) is 11.8 Å². The van der Waals surface area contributed by atoms with Crippen LogP contribution >= 0.6 is 0 Å². The summed E-state index contributed by atoms with van der Waals surface area (Å²) in [5.41, 5.74) is 0.587. The molecular formula is C14H19FN2O. The molecule has 4 heteroatoms. The van der Waals surface area contributed by atoms with Gasteiger partial charge >= 0.3 is 0 Å². The molecule has 0 saturated heterocycles. The Kier molecular flexibility index (Phi) is 6.08. The number of amides is 1. The summed E-state index contributed by atoms with van der Waals surface area (Å²) in [4.78, 5) is 13.4. The molecular weight excluding hydrogens is 231 g/mol. The highest BCUT2D eigenvalue weighted by Gasteiger charge is 2.11. The predicted molar refractivity (Wildman–Crippen MR) is 70.6 cm³/mol. The van der Waals surface area contributed by atoms with Gasteiger partial charge in [0.25, 0.3) is 0 Å². The molecule has 0 spiro atoms. The van der Waals surface area contributed by atoms with E-state index in [-0.39, 0.29) is 18.3 Å². The number of benzene rings is 1. The van der Waals surface area contributed by atoms with E-state index in [1.54, 1.807) is 24.3 Å². The topological polar surface area (TPSA) is 32.3 Å². The molecule has 1 amide bonds. The molecule has 0 saturated carbocycles. The van der Waals surface area contributed by atoms with Gasteiger partial charge in [-0.15, -0.1) is 6.58 Å². The Morgan fingerprint density at radius 3 is 2.83 bits per heavy atom. The molecule has 0 radical (unpaired) electrons. The smallest absolute Gasteiger partial charge is 0.234 e. The number of rotatable bonds is 7. The van der Waals surface area contributed by atoms with Crippen molar-refractivity contribution in [3.8, 4) is 0 Å². The molecule has 0 bridgehead atoms. The minimum Gasteiger partial charge on any atom is -0.355 e.